The fourth-order valence-electron chi connectivity index (χ4n) is 5.32. The number of piperidine rings is 1. The molecule has 2 saturated heterocycles. The Morgan fingerprint density at radius 1 is 1.30 bits per heavy atom. The van der Waals surface area contributed by atoms with Crippen molar-refractivity contribution in [2.24, 2.45) is 11.3 Å². The molecule has 1 aromatic heterocycles. The van der Waals surface area contributed by atoms with Gasteiger partial charge in [-0.1, -0.05) is 6.92 Å². The van der Waals surface area contributed by atoms with Gasteiger partial charge >= 0.3 is 5.97 Å². The van der Waals surface area contributed by atoms with Crippen molar-refractivity contribution >= 4 is 17.8 Å². The highest BCUT2D eigenvalue weighted by Crippen LogP contribution is 2.37. The Bertz CT molecular complexity index is 890. The Kier molecular flexibility index (Phi) is 7.36. The molecule has 9 heteroatoms. The van der Waals surface area contributed by atoms with Gasteiger partial charge < -0.3 is 19.7 Å². The second-order valence-corrected chi connectivity index (χ2v) is 9.64. The number of hydrogen-bond acceptors (Lipinski definition) is 6. The summed E-state index contributed by atoms with van der Waals surface area (Å²) in [5.74, 6) is -0.498. The molecule has 33 heavy (non-hydrogen) atoms. The van der Waals surface area contributed by atoms with Gasteiger partial charge in [0.1, 0.15) is 0 Å². The summed E-state index contributed by atoms with van der Waals surface area (Å²) in [6.45, 7) is 7.73. The molecule has 0 bridgehead atoms. The minimum absolute atomic E-state index is 0.00457. The predicted molar refractivity (Wildman–Crippen MR) is 121 cm³/mol. The first-order valence-electron chi connectivity index (χ1n) is 12.3. The summed E-state index contributed by atoms with van der Waals surface area (Å²) < 4.78 is 13.1. The summed E-state index contributed by atoms with van der Waals surface area (Å²) in [6, 6.07) is 0. The van der Waals surface area contributed by atoms with E-state index in [1.54, 1.807) is 4.90 Å². The highest BCUT2D eigenvalue weighted by atomic mass is 16.5. The number of rotatable bonds is 6. The largest absolute Gasteiger partial charge is 0.465 e. The molecule has 3 aliphatic rings. The number of carbonyl (C=O) groups is 3. The van der Waals surface area contributed by atoms with Crippen molar-refractivity contribution in [2.45, 2.75) is 65.3 Å². The molecule has 0 radical (unpaired) electrons. The van der Waals surface area contributed by atoms with Crippen LogP contribution in [-0.2, 0) is 38.4 Å². The van der Waals surface area contributed by atoms with Gasteiger partial charge in [-0.15, -0.1) is 0 Å². The lowest BCUT2D eigenvalue weighted by molar-refractivity contribution is -0.151. The molecule has 1 N–H and O–H groups in total. The van der Waals surface area contributed by atoms with Gasteiger partial charge in [-0.05, 0) is 43.9 Å². The topological polar surface area (TPSA) is 103 Å². The van der Waals surface area contributed by atoms with E-state index in [0.29, 0.717) is 45.6 Å². The van der Waals surface area contributed by atoms with E-state index in [9.17, 15) is 14.4 Å². The van der Waals surface area contributed by atoms with Crippen LogP contribution in [0.5, 0.6) is 0 Å². The lowest BCUT2D eigenvalue weighted by Gasteiger charge is -2.36. The zero-order chi connectivity index (χ0) is 23.4. The number of aromatic nitrogens is 2. The maximum Gasteiger partial charge on any atom is 0.310 e. The number of fused-ring (bicyclic) bond motifs is 1. The smallest absolute Gasteiger partial charge is 0.310 e. The molecule has 2 fully saturated rings. The van der Waals surface area contributed by atoms with E-state index in [4.69, 9.17) is 14.6 Å². The fourth-order valence-corrected chi connectivity index (χ4v) is 5.32. The van der Waals surface area contributed by atoms with Crippen LogP contribution in [0, 0.1) is 11.3 Å². The van der Waals surface area contributed by atoms with Gasteiger partial charge in [0, 0.05) is 52.7 Å². The molecule has 4 rings (SSSR count). The van der Waals surface area contributed by atoms with Crippen LogP contribution in [0.1, 0.15) is 67.7 Å². The SMILES string of the molecule is CCc1nn(CCCOC(=O)C2CCCN(C(C)=O)C2)c2c1C(=O)NCC1(CCOCC1)C2. The van der Waals surface area contributed by atoms with E-state index >= 15 is 0 Å². The number of amides is 2. The van der Waals surface area contributed by atoms with Gasteiger partial charge in [0.15, 0.2) is 0 Å². The van der Waals surface area contributed by atoms with Gasteiger partial charge in [0.25, 0.3) is 5.91 Å². The summed E-state index contributed by atoms with van der Waals surface area (Å²) in [5.41, 5.74) is 2.57. The third kappa shape index (κ3) is 5.23. The normalized spacial score (nSPS) is 22.4. The van der Waals surface area contributed by atoms with Crippen LogP contribution in [0.3, 0.4) is 0 Å². The van der Waals surface area contributed by atoms with Gasteiger partial charge in [-0.2, -0.15) is 5.10 Å². The molecule has 182 valence electrons. The average molecular weight is 461 g/mol. The van der Waals surface area contributed by atoms with Crippen LogP contribution in [0.25, 0.3) is 0 Å². The maximum atomic E-state index is 12.9. The van der Waals surface area contributed by atoms with Gasteiger partial charge in [0.2, 0.25) is 5.91 Å². The number of carbonyl (C=O) groups excluding carboxylic acids is 3. The van der Waals surface area contributed by atoms with Crippen molar-refractivity contribution in [3.8, 4) is 0 Å². The second-order valence-electron chi connectivity index (χ2n) is 9.64. The number of nitrogens with one attached hydrogen (secondary N) is 1. The lowest BCUT2D eigenvalue weighted by Crippen LogP contribution is -2.41. The van der Waals surface area contributed by atoms with Gasteiger partial charge in [0.05, 0.1) is 29.5 Å². The molecular formula is C24H36N4O5. The Morgan fingerprint density at radius 2 is 2.09 bits per heavy atom. The van der Waals surface area contributed by atoms with Crippen LogP contribution in [0.4, 0.5) is 0 Å². The van der Waals surface area contributed by atoms with Crippen molar-refractivity contribution in [3.63, 3.8) is 0 Å². The number of esters is 1. The maximum absolute atomic E-state index is 12.9. The molecule has 3 aliphatic heterocycles. The number of nitrogens with zero attached hydrogens (tertiary/aromatic N) is 3. The quantitative estimate of drug-likeness (QED) is 0.512. The third-order valence-electron chi connectivity index (χ3n) is 7.37. The van der Waals surface area contributed by atoms with Gasteiger partial charge in [-0.25, -0.2) is 0 Å². The summed E-state index contributed by atoms with van der Waals surface area (Å²) in [5, 5.41) is 7.89. The predicted octanol–water partition coefficient (Wildman–Crippen LogP) is 1.72. The monoisotopic (exact) mass is 460 g/mol. The molecule has 0 aliphatic carbocycles. The van der Waals surface area contributed by atoms with Crippen molar-refractivity contribution in [1.82, 2.24) is 20.0 Å². The number of hydrogen-bond donors (Lipinski definition) is 1. The first-order valence-corrected chi connectivity index (χ1v) is 12.3. The van der Waals surface area contributed by atoms with Crippen molar-refractivity contribution < 1.29 is 23.9 Å². The third-order valence-corrected chi connectivity index (χ3v) is 7.37. The van der Waals surface area contributed by atoms with E-state index in [-0.39, 0.29) is 29.1 Å². The molecule has 0 aromatic carbocycles. The number of aryl methyl sites for hydroxylation is 2. The van der Waals surface area contributed by atoms with E-state index in [0.717, 1.165) is 62.3 Å². The molecule has 2 amide bonds. The Balaban J connectivity index is 1.38. The molecule has 4 heterocycles. The van der Waals surface area contributed by atoms with E-state index in [1.165, 1.54) is 6.92 Å². The molecule has 1 spiro atoms. The second kappa shape index (κ2) is 10.2. The fraction of sp³-hybridized carbons (Fsp3) is 0.750. The standard InChI is InChI=1S/C24H36N4O5/c1-3-19-21-20(14-24(16-25-22(21)30)7-12-32-13-8-24)28(26-19)10-5-11-33-23(31)18-6-4-9-27(15-18)17(2)29/h18H,3-16H2,1-2H3,(H,25,30). The molecule has 1 atom stereocenters. The minimum atomic E-state index is -0.243. The van der Waals surface area contributed by atoms with Gasteiger partial charge in [-0.3, -0.25) is 19.1 Å². The number of ether oxygens (including phenoxy) is 2. The van der Waals surface area contributed by atoms with Crippen LogP contribution in [0.2, 0.25) is 0 Å². The minimum Gasteiger partial charge on any atom is -0.465 e. The van der Waals surface area contributed by atoms with Crippen LogP contribution in [0.15, 0.2) is 0 Å². The van der Waals surface area contributed by atoms with E-state index in [2.05, 4.69) is 5.32 Å². The van der Waals surface area contributed by atoms with Crippen molar-refractivity contribution in [3.05, 3.63) is 17.0 Å². The molecular weight excluding hydrogens is 424 g/mol. The zero-order valence-corrected chi connectivity index (χ0v) is 19.9. The Morgan fingerprint density at radius 3 is 2.82 bits per heavy atom. The van der Waals surface area contributed by atoms with Crippen LogP contribution in [-0.4, -0.2) is 71.9 Å². The van der Waals surface area contributed by atoms with Crippen LogP contribution >= 0.6 is 0 Å². The summed E-state index contributed by atoms with van der Waals surface area (Å²) in [7, 11) is 0. The summed E-state index contributed by atoms with van der Waals surface area (Å²) in [4.78, 5) is 38.7. The Hall–Kier alpha value is -2.42. The van der Waals surface area contributed by atoms with E-state index < -0.39 is 0 Å². The average Bonchev–Trinajstić information content (AvgIpc) is 3.10. The van der Waals surface area contributed by atoms with Crippen molar-refractivity contribution in [2.75, 3.05) is 39.5 Å². The highest BCUT2D eigenvalue weighted by Gasteiger charge is 2.39. The first-order chi connectivity index (χ1) is 15.9. The molecule has 1 unspecified atom stereocenters. The molecule has 0 saturated carbocycles. The highest BCUT2D eigenvalue weighted by molar-refractivity contribution is 5.97. The van der Waals surface area contributed by atoms with E-state index in [1.807, 2.05) is 11.6 Å². The summed E-state index contributed by atoms with van der Waals surface area (Å²) in [6.07, 6.45) is 5.57. The zero-order valence-electron chi connectivity index (χ0n) is 19.9. The molecule has 9 nitrogen and oxygen atoms in total. The van der Waals surface area contributed by atoms with Crippen LogP contribution < -0.4 is 5.32 Å². The number of likely N-dealkylation sites (tertiary alicyclic amines) is 1. The lowest BCUT2D eigenvalue weighted by atomic mass is 9.76. The molecule has 1 aromatic rings. The Labute approximate surface area is 195 Å². The first kappa shape index (κ1) is 23.7. The van der Waals surface area contributed by atoms with Crippen molar-refractivity contribution in [1.29, 1.82) is 0 Å². The summed E-state index contributed by atoms with van der Waals surface area (Å²) >= 11 is 0.